The van der Waals surface area contributed by atoms with E-state index in [1.54, 1.807) is 0 Å². The first kappa shape index (κ1) is 21.4. The zero-order valence-corrected chi connectivity index (χ0v) is 14.7. The minimum Gasteiger partial charge on any atom is -0.753 e. The van der Waals surface area contributed by atoms with Crippen LogP contribution in [-0.2, 0) is 9.09 Å². The number of hydrogen-bond donors (Lipinski definition) is 0. The average Bonchev–Trinajstić information content (AvgIpc) is 2.24. The van der Waals surface area contributed by atoms with Gasteiger partial charge in [0, 0.05) is 0 Å². The first-order valence-corrected chi connectivity index (χ1v) is 8.15. The van der Waals surface area contributed by atoms with Crippen molar-refractivity contribution in [3.05, 3.63) is 0 Å². The molecule has 0 aromatic rings. The largest absolute Gasteiger partial charge is 1.00 e. The molecule has 0 rings (SSSR count). The Morgan fingerprint density at radius 1 is 0.944 bits per heavy atom. The quantitative estimate of drug-likeness (QED) is 0.310. The maximum atomic E-state index is 11.9. The number of unbranched alkanes of at least 4 members (excludes halogenated alkanes) is 9. The second kappa shape index (κ2) is 14.5. The van der Waals surface area contributed by atoms with E-state index in [0.29, 0.717) is 6.42 Å². The van der Waals surface area contributed by atoms with E-state index >= 15 is 0 Å². The maximum absolute atomic E-state index is 11.9. The summed E-state index contributed by atoms with van der Waals surface area (Å²) in [6.45, 7) is 2.19. The van der Waals surface area contributed by atoms with E-state index in [0.717, 1.165) is 12.8 Å². The first-order chi connectivity index (χ1) is 8.06. The van der Waals surface area contributed by atoms with E-state index in [4.69, 9.17) is 0 Å². The van der Waals surface area contributed by atoms with E-state index in [1.165, 1.54) is 44.9 Å². The summed E-state index contributed by atoms with van der Waals surface area (Å²) in [5, 5.41) is 0. The van der Waals surface area contributed by atoms with Crippen LogP contribution in [0.5, 0.6) is 0 Å². The molecule has 0 saturated carbocycles. The molecule has 0 aromatic carbocycles. The van der Waals surface area contributed by atoms with E-state index in [1.807, 2.05) is 0 Å². The predicted molar refractivity (Wildman–Crippen MR) is 66.5 cm³/mol. The normalized spacial score (nSPS) is 13.9. The Balaban J connectivity index is 0. The average molecular weight is 290 g/mol. The fourth-order valence-electron chi connectivity index (χ4n) is 1.76. The molecule has 0 amide bonds. The minimum atomic E-state index is -4.99. The Morgan fingerprint density at radius 3 is 1.72 bits per heavy atom. The van der Waals surface area contributed by atoms with E-state index in [2.05, 4.69) is 11.4 Å². The maximum Gasteiger partial charge on any atom is 1.00 e. The third-order valence-corrected chi connectivity index (χ3v) is 3.23. The van der Waals surface area contributed by atoms with Gasteiger partial charge in [-0.2, -0.15) is 4.20 Å². The van der Waals surface area contributed by atoms with Crippen molar-refractivity contribution in [1.82, 2.24) is 0 Å². The zero-order valence-electron chi connectivity index (χ0n) is 11.8. The van der Waals surface area contributed by atoms with Crippen molar-refractivity contribution in [1.29, 1.82) is 0 Å². The van der Waals surface area contributed by atoms with Crippen molar-refractivity contribution in [2.75, 3.05) is 6.61 Å². The van der Waals surface area contributed by atoms with Crippen LogP contribution in [0.15, 0.2) is 0 Å². The predicted octanol–water partition coefficient (Wildman–Crippen LogP) is 1.37. The summed E-state index contributed by atoms with van der Waals surface area (Å²) in [4.78, 5) is 10.0. The smallest absolute Gasteiger partial charge is 0.753 e. The van der Waals surface area contributed by atoms with Gasteiger partial charge >= 0.3 is 37.5 Å². The van der Waals surface area contributed by atoms with Gasteiger partial charge in [-0.05, 0) is 6.42 Å². The van der Waals surface area contributed by atoms with Crippen LogP contribution in [0.25, 0.3) is 0 Å². The van der Waals surface area contributed by atoms with Gasteiger partial charge < -0.3 is 9.42 Å². The van der Waals surface area contributed by atoms with Gasteiger partial charge in [-0.3, -0.25) is 4.57 Å². The van der Waals surface area contributed by atoms with Gasteiger partial charge in [-0.1, -0.05) is 64.7 Å². The third kappa shape index (κ3) is 19.4. The Hall–Kier alpha value is 1.08. The molecule has 0 saturated heterocycles. The molecule has 0 spiro atoms. The Kier molecular flexibility index (Phi) is 17.2. The Labute approximate surface area is 133 Å². The van der Waals surface area contributed by atoms with E-state index in [9.17, 15) is 13.7 Å². The summed E-state index contributed by atoms with van der Waals surface area (Å²) in [6, 6.07) is 0. The molecule has 1 unspecified atom stereocenters. The third-order valence-electron chi connectivity index (χ3n) is 2.74. The monoisotopic (exact) mass is 290 g/mol. The summed E-state index contributed by atoms with van der Waals surface area (Å²) < 4.78 is 26.0. The standard InChI is InChI=1S/C12H26FO3P.Na/c1-2-3-4-5-6-7-8-9-10-11-12-16-17(13,14)15;/h2-12H2,1H3,(H,14,15);/q;+1/p-1. The molecule has 0 bridgehead atoms. The first-order valence-electron chi connectivity index (χ1n) is 6.71. The van der Waals surface area contributed by atoms with Crippen LogP contribution in [0.3, 0.4) is 0 Å². The molecule has 3 nitrogen and oxygen atoms in total. The summed E-state index contributed by atoms with van der Waals surface area (Å²) in [5.74, 6) is 0. The van der Waals surface area contributed by atoms with Gasteiger partial charge in [0.15, 0.2) is 0 Å². The summed E-state index contributed by atoms with van der Waals surface area (Å²) in [7, 11) is -4.99. The van der Waals surface area contributed by atoms with Gasteiger partial charge in [0.2, 0.25) is 0 Å². The molecule has 0 fully saturated rings. The number of hydrogen-bond acceptors (Lipinski definition) is 3. The fourth-order valence-corrected chi connectivity index (χ4v) is 2.11. The van der Waals surface area contributed by atoms with Crippen molar-refractivity contribution in [3.63, 3.8) is 0 Å². The second-order valence-electron chi connectivity index (χ2n) is 4.45. The Bertz CT molecular complexity index is 211. The van der Waals surface area contributed by atoms with Crippen LogP contribution >= 0.6 is 7.91 Å². The fraction of sp³-hybridized carbons (Fsp3) is 1.00. The molecule has 0 heterocycles. The zero-order chi connectivity index (χ0) is 13.0. The molecule has 0 aromatic heterocycles. The molecule has 18 heavy (non-hydrogen) atoms. The summed E-state index contributed by atoms with van der Waals surface area (Å²) >= 11 is 0. The van der Waals surface area contributed by atoms with Crippen molar-refractivity contribution < 1.29 is 47.7 Å². The molecule has 0 aliphatic rings. The van der Waals surface area contributed by atoms with Crippen LogP contribution in [-0.4, -0.2) is 6.61 Å². The Morgan fingerprint density at radius 2 is 1.33 bits per heavy atom. The molecule has 0 aliphatic heterocycles. The van der Waals surface area contributed by atoms with Gasteiger partial charge in [0.25, 0.3) is 0 Å². The van der Waals surface area contributed by atoms with Crippen molar-refractivity contribution >= 4 is 7.91 Å². The van der Waals surface area contributed by atoms with E-state index in [-0.39, 0.29) is 36.2 Å². The summed E-state index contributed by atoms with van der Waals surface area (Å²) in [5.41, 5.74) is 0. The molecule has 0 N–H and O–H groups in total. The van der Waals surface area contributed by atoms with Crippen LogP contribution in [0.1, 0.15) is 71.1 Å². The van der Waals surface area contributed by atoms with Gasteiger partial charge in [0.05, 0.1) is 6.61 Å². The summed E-state index contributed by atoms with van der Waals surface area (Å²) in [6.07, 6.45) is 11.6. The molecular formula is C12H25FNaO3P. The molecule has 6 heteroatoms. The molecule has 104 valence electrons. The van der Waals surface area contributed by atoms with Crippen LogP contribution in [0.4, 0.5) is 4.20 Å². The van der Waals surface area contributed by atoms with Crippen molar-refractivity contribution in [2.45, 2.75) is 71.1 Å². The van der Waals surface area contributed by atoms with Crippen molar-refractivity contribution in [2.24, 2.45) is 0 Å². The van der Waals surface area contributed by atoms with Crippen LogP contribution in [0, 0.1) is 0 Å². The van der Waals surface area contributed by atoms with Gasteiger partial charge in [-0.25, -0.2) is 0 Å². The van der Waals surface area contributed by atoms with Crippen LogP contribution in [0.2, 0.25) is 0 Å². The molecular weight excluding hydrogens is 265 g/mol. The second-order valence-corrected chi connectivity index (χ2v) is 5.57. The molecule has 0 aliphatic carbocycles. The minimum absolute atomic E-state index is 0. The van der Waals surface area contributed by atoms with Gasteiger partial charge in [-0.15, -0.1) is 0 Å². The number of rotatable bonds is 12. The topological polar surface area (TPSA) is 49.4 Å². The molecule has 0 radical (unpaired) electrons. The SMILES string of the molecule is CCCCCCCCCCCCOP(=O)([O-])F.[Na+]. The van der Waals surface area contributed by atoms with Gasteiger partial charge in [0.1, 0.15) is 0 Å². The van der Waals surface area contributed by atoms with Crippen molar-refractivity contribution in [3.8, 4) is 0 Å². The van der Waals surface area contributed by atoms with E-state index < -0.39 is 7.91 Å². The van der Waals surface area contributed by atoms with Crippen LogP contribution < -0.4 is 34.5 Å². The molecule has 1 atom stereocenters. The number of halogens is 1.